The largest absolute Gasteiger partial charge is 0.451 e. The van der Waals surface area contributed by atoms with Crippen LogP contribution in [0, 0.1) is 0 Å². The van der Waals surface area contributed by atoms with Crippen molar-refractivity contribution in [1.29, 1.82) is 0 Å². The number of rotatable bonds is 2. The molecule has 0 saturated carbocycles. The first-order chi connectivity index (χ1) is 9.21. The molecule has 0 bridgehead atoms. The summed E-state index contributed by atoms with van der Waals surface area (Å²) in [6.45, 7) is 2.55. The number of aromatic nitrogens is 2. The van der Waals surface area contributed by atoms with E-state index in [2.05, 4.69) is 15.4 Å². The predicted octanol–water partition coefficient (Wildman–Crippen LogP) is 1.13. The van der Waals surface area contributed by atoms with E-state index in [0.717, 1.165) is 0 Å². The lowest BCUT2D eigenvalue weighted by molar-refractivity contribution is -0.144. The molecule has 1 saturated heterocycles. The van der Waals surface area contributed by atoms with Gasteiger partial charge in [0, 0.05) is 19.2 Å². The fraction of sp³-hybridized carbons (Fsp3) is 0.636. The van der Waals surface area contributed by atoms with Crippen LogP contribution in [0.15, 0.2) is 6.07 Å². The molecule has 20 heavy (non-hydrogen) atoms. The van der Waals surface area contributed by atoms with Crippen LogP contribution in [0.4, 0.5) is 24.8 Å². The number of aliphatic hydroxyl groups is 1. The zero-order chi connectivity index (χ0) is 15.0. The highest BCUT2D eigenvalue weighted by molar-refractivity contribution is 5.49. The molecule has 1 fully saturated rings. The summed E-state index contributed by atoms with van der Waals surface area (Å²) in [6.07, 6.45) is -3.71. The van der Waals surface area contributed by atoms with E-state index in [9.17, 15) is 18.3 Å². The minimum absolute atomic E-state index is 0.0975. The molecule has 4 N–H and O–H groups in total. The van der Waals surface area contributed by atoms with Gasteiger partial charge in [0.2, 0.25) is 5.82 Å². The summed E-state index contributed by atoms with van der Waals surface area (Å²) in [7, 11) is 0. The van der Waals surface area contributed by atoms with Gasteiger partial charge in [0.1, 0.15) is 11.6 Å². The van der Waals surface area contributed by atoms with Crippen LogP contribution in [0.3, 0.4) is 0 Å². The number of nitrogens with two attached hydrogens (primary N) is 1. The lowest BCUT2D eigenvalue weighted by Crippen LogP contribution is -2.43. The smallest absolute Gasteiger partial charge is 0.390 e. The van der Waals surface area contributed by atoms with Gasteiger partial charge in [-0.3, -0.25) is 0 Å². The summed E-state index contributed by atoms with van der Waals surface area (Å²) in [4.78, 5) is 8.51. The van der Waals surface area contributed by atoms with Crippen molar-refractivity contribution in [2.45, 2.75) is 31.5 Å². The molecule has 0 spiro atoms. The molecule has 0 aromatic carbocycles. The fourth-order valence-electron chi connectivity index (χ4n) is 2.01. The standard InChI is InChI=1S/C11H16F3N5O/c1-10(20)2-4-19(5-3-10)8-6-7(18-15)16-9(17-8)11(12,13)14/h6,20H,2-5,15H2,1H3,(H,16,17,18). The van der Waals surface area contributed by atoms with Crippen LogP contribution in [-0.4, -0.2) is 33.8 Å². The van der Waals surface area contributed by atoms with E-state index < -0.39 is 17.6 Å². The van der Waals surface area contributed by atoms with E-state index >= 15 is 0 Å². The summed E-state index contributed by atoms with van der Waals surface area (Å²) < 4.78 is 38.2. The minimum atomic E-state index is -4.64. The number of alkyl halides is 3. The summed E-state index contributed by atoms with van der Waals surface area (Å²) in [5.41, 5.74) is 1.32. The number of anilines is 2. The Hall–Kier alpha value is -1.61. The van der Waals surface area contributed by atoms with Gasteiger partial charge in [-0.1, -0.05) is 0 Å². The summed E-state index contributed by atoms with van der Waals surface area (Å²) >= 11 is 0. The summed E-state index contributed by atoms with van der Waals surface area (Å²) in [6, 6.07) is 1.36. The highest BCUT2D eigenvalue weighted by atomic mass is 19.4. The Bertz CT molecular complexity index is 481. The first kappa shape index (κ1) is 14.8. The van der Waals surface area contributed by atoms with E-state index in [1.54, 1.807) is 11.8 Å². The van der Waals surface area contributed by atoms with Crippen molar-refractivity contribution < 1.29 is 18.3 Å². The number of hydrogen-bond acceptors (Lipinski definition) is 6. The van der Waals surface area contributed by atoms with E-state index in [4.69, 9.17) is 5.84 Å². The highest BCUT2D eigenvalue weighted by Crippen LogP contribution is 2.31. The molecule has 9 heteroatoms. The third-order valence-corrected chi connectivity index (χ3v) is 3.28. The molecule has 112 valence electrons. The van der Waals surface area contributed by atoms with Crippen molar-refractivity contribution in [1.82, 2.24) is 9.97 Å². The fourth-order valence-corrected chi connectivity index (χ4v) is 2.01. The zero-order valence-corrected chi connectivity index (χ0v) is 10.9. The van der Waals surface area contributed by atoms with Gasteiger partial charge in [-0.15, -0.1) is 0 Å². The van der Waals surface area contributed by atoms with Crippen LogP contribution in [0.25, 0.3) is 0 Å². The molecule has 1 aromatic rings. The average molecular weight is 291 g/mol. The molecule has 1 aliphatic rings. The monoisotopic (exact) mass is 291 g/mol. The van der Waals surface area contributed by atoms with Gasteiger partial charge in [-0.25, -0.2) is 15.8 Å². The molecule has 0 aliphatic carbocycles. The third-order valence-electron chi connectivity index (χ3n) is 3.28. The number of nitrogen functional groups attached to an aromatic ring is 1. The van der Waals surface area contributed by atoms with E-state index in [1.165, 1.54) is 6.07 Å². The average Bonchev–Trinajstić information content (AvgIpc) is 2.37. The third kappa shape index (κ3) is 3.28. The maximum Gasteiger partial charge on any atom is 0.451 e. The van der Waals surface area contributed by atoms with Crippen molar-refractivity contribution in [2.24, 2.45) is 5.84 Å². The second kappa shape index (κ2) is 5.06. The highest BCUT2D eigenvalue weighted by Gasteiger charge is 2.36. The van der Waals surface area contributed by atoms with Crippen molar-refractivity contribution in [2.75, 3.05) is 23.4 Å². The van der Waals surface area contributed by atoms with Gasteiger partial charge in [-0.2, -0.15) is 13.2 Å². The second-order valence-electron chi connectivity index (χ2n) is 5.06. The molecule has 0 unspecified atom stereocenters. The molecular formula is C11H16F3N5O. The molecule has 2 heterocycles. The van der Waals surface area contributed by atoms with Crippen molar-refractivity contribution in [3.63, 3.8) is 0 Å². The quantitative estimate of drug-likeness (QED) is 0.559. The number of hydrogen-bond donors (Lipinski definition) is 3. The van der Waals surface area contributed by atoms with Crippen molar-refractivity contribution >= 4 is 11.6 Å². The minimum Gasteiger partial charge on any atom is -0.390 e. The Morgan fingerprint density at radius 2 is 1.95 bits per heavy atom. The molecular weight excluding hydrogens is 275 g/mol. The van der Waals surface area contributed by atoms with Crippen LogP contribution in [0.2, 0.25) is 0 Å². The first-order valence-corrected chi connectivity index (χ1v) is 6.11. The Balaban J connectivity index is 2.28. The van der Waals surface area contributed by atoms with Gasteiger partial charge < -0.3 is 15.4 Å². The maximum absolute atomic E-state index is 12.7. The Labute approximate surface area is 113 Å². The number of halogens is 3. The zero-order valence-electron chi connectivity index (χ0n) is 10.9. The van der Waals surface area contributed by atoms with Crippen molar-refractivity contribution in [3.8, 4) is 0 Å². The van der Waals surface area contributed by atoms with Gasteiger partial charge >= 0.3 is 6.18 Å². The van der Waals surface area contributed by atoms with Crippen molar-refractivity contribution in [3.05, 3.63) is 11.9 Å². The molecule has 1 aromatic heterocycles. The number of hydrazine groups is 1. The predicted molar refractivity (Wildman–Crippen MR) is 66.9 cm³/mol. The number of piperidine rings is 1. The van der Waals surface area contributed by atoms with E-state index in [-0.39, 0.29) is 11.6 Å². The van der Waals surface area contributed by atoms with Crippen LogP contribution in [-0.2, 0) is 6.18 Å². The van der Waals surface area contributed by atoms with Gasteiger partial charge in [0.25, 0.3) is 0 Å². The SMILES string of the molecule is CC1(O)CCN(c2cc(NN)nc(C(F)(F)F)n2)CC1. The van der Waals surface area contributed by atoms with Crippen LogP contribution >= 0.6 is 0 Å². The lowest BCUT2D eigenvalue weighted by atomic mass is 9.94. The van der Waals surface area contributed by atoms with E-state index in [1.807, 2.05) is 0 Å². The topological polar surface area (TPSA) is 87.3 Å². The van der Waals surface area contributed by atoms with Crippen LogP contribution in [0.5, 0.6) is 0 Å². The second-order valence-corrected chi connectivity index (χ2v) is 5.06. The van der Waals surface area contributed by atoms with Crippen LogP contribution < -0.4 is 16.2 Å². The molecule has 1 aliphatic heterocycles. The first-order valence-electron chi connectivity index (χ1n) is 6.11. The Morgan fingerprint density at radius 3 is 2.45 bits per heavy atom. The van der Waals surface area contributed by atoms with Crippen LogP contribution in [0.1, 0.15) is 25.6 Å². The molecule has 0 radical (unpaired) electrons. The Kier molecular flexibility index (Phi) is 3.74. The van der Waals surface area contributed by atoms with Gasteiger partial charge in [0.15, 0.2) is 0 Å². The molecule has 2 rings (SSSR count). The molecule has 0 atom stereocenters. The van der Waals surface area contributed by atoms with Gasteiger partial charge in [0.05, 0.1) is 5.60 Å². The van der Waals surface area contributed by atoms with E-state index in [0.29, 0.717) is 25.9 Å². The number of nitrogens with one attached hydrogen (secondary N) is 1. The summed E-state index contributed by atoms with van der Waals surface area (Å²) in [5.74, 6) is 3.95. The lowest BCUT2D eigenvalue weighted by Gasteiger charge is -2.36. The van der Waals surface area contributed by atoms with Gasteiger partial charge in [-0.05, 0) is 19.8 Å². The summed E-state index contributed by atoms with van der Waals surface area (Å²) in [5, 5.41) is 9.85. The maximum atomic E-state index is 12.7. The number of nitrogens with zero attached hydrogens (tertiary/aromatic N) is 3. The Morgan fingerprint density at radius 1 is 1.35 bits per heavy atom. The molecule has 0 amide bonds. The molecule has 6 nitrogen and oxygen atoms in total. The normalized spacial score (nSPS) is 19.0.